The van der Waals surface area contributed by atoms with Gasteiger partial charge in [-0.15, -0.1) is 0 Å². The summed E-state index contributed by atoms with van der Waals surface area (Å²) in [4.78, 5) is 0. The Morgan fingerprint density at radius 3 is 2.38 bits per heavy atom. The van der Waals surface area contributed by atoms with Gasteiger partial charge < -0.3 is 9.88 Å². The number of para-hydroxylation sites is 1. The van der Waals surface area contributed by atoms with E-state index < -0.39 is 0 Å². The molecular weight excluding hydrogens is 292 g/mol. The summed E-state index contributed by atoms with van der Waals surface area (Å²) in [6, 6.07) is 9.43. The van der Waals surface area contributed by atoms with Crippen molar-refractivity contribution in [1.82, 2.24) is 9.88 Å². The van der Waals surface area contributed by atoms with Crippen LogP contribution in [0.4, 0.5) is 0 Å². The molecule has 1 heterocycles. The topological polar surface area (TPSA) is 17.0 Å². The number of nitrogens with one attached hydrogen (secondary N) is 1. The van der Waals surface area contributed by atoms with Crippen molar-refractivity contribution in [2.24, 2.45) is 30.2 Å². The van der Waals surface area contributed by atoms with Gasteiger partial charge in [-0.25, -0.2) is 0 Å². The van der Waals surface area contributed by atoms with E-state index in [0.29, 0.717) is 11.5 Å². The standard InChI is InChI=1S/C22H30N2/c1-15(22-10-16-7-17(11-22)9-18(8-16)12-22)23-13-19-14-24(2)21-6-4-3-5-20(19)21/h3-6,14-18,23H,7-13H2,1-2H3/t15-,16?,17?,18?,22?/m0/s1. The van der Waals surface area contributed by atoms with Crippen LogP contribution in [-0.4, -0.2) is 10.6 Å². The lowest BCUT2D eigenvalue weighted by atomic mass is 9.48. The van der Waals surface area contributed by atoms with E-state index >= 15 is 0 Å². The van der Waals surface area contributed by atoms with Gasteiger partial charge in [0.25, 0.3) is 0 Å². The Morgan fingerprint density at radius 1 is 1.08 bits per heavy atom. The molecule has 0 saturated heterocycles. The number of fused-ring (bicyclic) bond motifs is 1. The zero-order chi connectivity index (χ0) is 16.3. The van der Waals surface area contributed by atoms with Gasteiger partial charge in [-0.05, 0) is 80.2 Å². The highest BCUT2D eigenvalue weighted by Gasteiger charge is 2.52. The Morgan fingerprint density at radius 2 is 1.71 bits per heavy atom. The number of rotatable bonds is 4. The predicted molar refractivity (Wildman–Crippen MR) is 99.8 cm³/mol. The van der Waals surface area contributed by atoms with Gasteiger partial charge in [0.1, 0.15) is 0 Å². The summed E-state index contributed by atoms with van der Waals surface area (Å²) in [6.07, 6.45) is 11.4. The highest BCUT2D eigenvalue weighted by atomic mass is 15.0. The largest absolute Gasteiger partial charge is 0.350 e. The Balaban J connectivity index is 1.35. The van der Waals surface area contributed by atoms with Gasteiger partial charge in [-0.2, -0.15) is 0 Å². The van der Waals surface area contributed by atoms with Crippen molar-refractivity contribution in [2.75, 3.05) is 0 Å². The molecule has 0 aliphatic heterocycles. The lowest BCUT2D eigenvalue weighted by molar-refractivity contribution is -0.0706. The number of hydrogen-bond acceptors (Lipinski definition) is 1. The van der Waals surface area contributed by atoms with Crippen molar-refractivity contribution < 1.29 is 0 Å². The number of aryl methyl sites for hydroxylation is 1. The van der Waals surface area contributed by atoms with Crippen LogP contribution in [0.3, 0.4) is 0 Å². The summed E-state index contributed by atoms with van der Waals surface area (Å²) < 4.78 is 2.27. The maximum atomic E-state index is 3.95. The Bertz CT molecular complexity index is 721. The van der Waals surface area contributed by atoms with Gasteiger partial charge in [-0.1, -0.05) is 18.2 Å². The molecule has 4 bridgehead atoms. The van der Waals surface area contributed by atoms with Crippen LogP contribution in [0, 0.1) is 23.2 Å². The second-order valence-corrected chi connectivity index (χ2v) is 9.16. The second-order valence-electron chi connectivity index (χ2n) is 9.16. The van der Waals surface area contributed by atoms with Crippen LogP contribution in [0.1, 0.15) is 51.0 Å². The molecule has 0 spiro atoms. The first-order valence-electron chi connectivity index (χ1n) is 9.89. The van der Waals surface area contributed by atoms with Crippen LogP contribution >= 0.6 is 0 Å². The molecule has 1 aromatic carbocycles. The fourth-order valence-electron chi connectivity index (χ4n) is 6.75. The van der Waals surface area contributed by atoms with Crippen molar-refractivity contribution in [1.29, 1.82) is 0 Å². The van der Waals surface area contributed by atoms with E-state index in [9.17, 15) is 0 Å². The van der Waals surface area contributed by atoms with Crippen LogP contribution in [0.15, 0.2) is 30.5 Å². The molecule has 128 valence electrons. The smallest absolute Gasteiger partial charge is 0.0481 e. The van der Waals surface area contributed by atoms with E-state index in [1.54, 1.807) is 0 Å². The summed E-state index contributed by atoms with van der Waals surface area (Å²) in [5.74, 6) is 3.12. The fourth-order valence-corrected chi connectivity index (χ4v) is 6.75. The maximum Gasteiger partial charge on any atom is 0.0481 e. The molecule has 0 amide bonds. The maximum absolute atomic E-state index is 3.95. The predicted octanol–water partition coefficient (Wildman–Crippen LogP) is 4.87. The average molecular weight is 322 g/mol. The molecule has 4 aliphatic carbocycles. The van der Waals surface area contributed by atoms with E-state index in [4.69, 9.17) is 0 Å². The zero-order valence-corrected chi connectivity index (χ0v) is 15.1. The van der Waals surface area contributed by atoms with Crippen LogP contribution < -0.4 is 5.32 Å². The molecule has 0 radical (unpaired) electrons. The van der Waals surface area contributed by atoms with Crippen LogP contribution in [0.5, 0.6) is 0 Å². The van der Waals surface area contributed by atoms with Gasteiger partial charge in [-0.3, -0.25) is 0 Å². The minimum atomic E-state index is 0.597. The number of benzene rings is 1. The van der Waals surface area contributed by atoms with Crippen molar-refractivity contribution in [3.05, 3.63) is 36.0 Å². The van der Waals surface area contributed by atoms with Crippen LogP contribution in [-0.2, 0) is 13.6 Å². The van der Waals surface area contributed by atoms with E-state index in [-0.39, 0.29) is 0 Å². The number of aromatic nitrogens is 1. The first kappa shape index (κ1) is 15.0. The third-order valence-electron chi connectivity index (χ3n) is 7.58. The molecule has 1 atom stereocenters. The minimum Gasteiger partial charge on any atom is -0.350 e. The molecule has 24 heavy (non-hydrogen) atoms. The SMILES string of the molecule is C[C@H](NCc1cn(C)c2ccccc12)C12CC3CC(CC(C3)C1)C2. The van der Waals surface area contributed by atoms with Gasteiger partial charge in [0.15, 0.2) is 0 Å². The second kappa shape index (κ2) is 5.36. The third kappa shape index (κ3) is 2.26. The van der Waals surface area contributed by atoms with Crippen LogP contribution in [0.25, 0.3) is 10.9 Å². The summed E-state index contributed by atoms with van der Waals surface area (Å²) in [5.41, 5.74) is 3.39. The number of nitrogens with zero attached hydrogens (tertiary/aromatic N) is 1. The Labute approximate surface area is 145 Å². The zero-order valence-electron chi connectivity index (χ0n) is 15.1. The molecule has 1 aromatic heterocycles. The monoisotopic (exact) mass is 322 g/mol. The molecule has 2 aromatic rings. The lowest BCUT2D eigenvalue weighted by Crippen LogP contribution is -2.54. The van der Waals surface area contributed by atoms with E-state index in [1.807, 2.05) is 0 Å². The van der Waals surface area contributed by atoms with Crippen molar-refractivity contribution in [3.63, 3.8) is 0 Å². The third-order valence-corrected chi connectivity index (χ3v) is 7.58. The Kier molecular flexibility index (Phi) is 3.35. The van der Waals surface area contributed by atoms with E-state index in [2.05, 4.69) is 54.3 Å². The van der Waals surface area contributed by atoms with Crippen molar-refractivity contribution in [3.8, 4) is 0 Å². The van der Waals surface area contributed by atoms with E-state index in [0.717, 1.165) is 24.3 Å². The fraction of sp³-hybridized carbons (Fsp3) is 0.636. The van der Waals surface area contributed by atoms with Gasteiger partial charge in [0.05, 0.1) is 0 Å². The quantitative estimate of drug-likeness (QED) is 0.849. The molecular formula is C22H30N2. The first-order valence-corrected chi connectivity index (χ1v) is 9.89. The molecule has 6 rings (SSSR count). The van der Waals surface area contributed by atoms with Crippen molar-refractivity contribution >= 4 is 10.9 Å². The first-order chi connectivity index (χ1) is 11.6. The Hall–Kier alpha value is -1.28. The van der Waals surface area contributed by atoms with Gasteiger partial charge >= 0.3 is 0 Å². The molecule has 2 nitrogen and oxygen atoms in total. The van der Waals surface area contributed by atoms with E-state index in [1.165, 1.54) is 55.0 Å². The summed E-state index contributed by atoms with van der Waals surface area (Å²) >= 11 is 0. The van der Waals surface area contributed by atoms with Crippen LogP contribution in [0.2, 0.25) is 0 Å². The summed E-state index contributed by atoms with van der Waals surface area (Å²) in [7, 11) is 2.16. The minimum absolute atomic E-state index is 0.597. The molecule has 4 aliphatic rings. The normalized spacial score (nSPS) is 35.7. The lowest BCUT2D eigenvalue weighted by Gasteiger charge is -2.59. The highest BCUT2D eigenvalue weighted by molar-refractivity contribution is 5.83. The van der Waals surface area contributed by atoms with Gasteiger partial charge in [0, 0.05) is 36.7 Å². The summed E-state index contributed by atoms with van der Waals surface area (Å²) in [5, 5.41) is 5.36. The summed E-state index contributed by atoms with van der Waals surface area (Å²) in [6.45, 7) is 3.47. The number of hydrogen-bond donors (Lipinski definition) is 1. The average Bonchev–Trinajstić information content (AvgIpc) is 2.88. The van der Waals surface area contributed by atoms with Crippen molar-refractivity contribution in [2.45, 2.75) is 58.0 Å². The molecule has 2 heteroatoms. The van der Waals surface area contributed by atoms with Gasteiger partial charge in [0.2, 0.25) is 0 Å². The molecule has 0 unspecified atom stereocenters. The molecule has 1 N–H and O–H groups in total. The molecule has 4 saturated carbocycles. The molecule has 4 fully saturated rings. The highest BCUT2D eigenvalue weighted by Crippen LogP contribution is 2.61.